The molecule has 1 aromatic heterocycles. The van der Waals surface area contributed by atoms with Crippen molar-refractivity contribution >= 4 is 11.0 Å². The van der Waals surface area contributed by atoms with E-state index in [2.05, 4.69) is 6.58 Å². The van der Waals surface area contributed by atoms with Crippen LogP contribution in [0.5, 0.6) is 5.75 Å². The van der Waals surface area contributed by atoms with Crippen molar-refractivity contribution in [1.29, 1.82) is 0 Å². The highest BCUT2D eigenvalue weighted by atomic mass is 16.8. The monoisotopic (exact) mass is 340 g/mol. The molecule has 3 aliphatic rings. The Bertz CT molecular complexity index is 991. The maximum absolute atomic E-state index is 12.8. The van der Waals surface area contributed by atoms with Crippen LogP contribution < -0.4 is 10.4 Å². The Hall–Kier alpha value is -2.11. The molecule has 5 rings (SSSR count). The Morgan fingerprint density at radius 1 is 1.32 bits per heavy atom. The van der Waals surface area contributed by atoms with Gasteiger partial charge in [0, 0.05) is 11.8 Å². The maximum atomic E-state index is 12.8. The predicted octanol–water partition coefficient (Wildman–Crippen LogP) is 3.21. The first kappa shape index (κ1) is 15.2. The zero-order valence-electron chi connectivity index (χ0n) is 14.5. The molecule has 0 radical (unpaired) electrons. The van der Waals surface area contributed by atoms with E-state index in [1.54, 1.807) is 12.1 Å². The number of rotatable bonds is 1. The molecule has 5 heteroatoms. The fourth-order valence-electron chi connectivity index (χ4n) is 4.43. The second-order valence-electron chi connectivity index (χ2n) is 7.85. The van der Waals surface area contributed by atoms with Crippen LogP contribution in [0.15, 0.2) is 40.1 Å². The van der Waals surface area contributed by atoms with Crippen molar-refractivity contribution in [2.45, 2.75) is 50.1 Å². The van der Waals surface area contributed by atoms with Crippen molar-refractivity contribution in [3.63, 3.8) is 0 Å². The summed E-state index contributed by atoms with van der Waals surface area (Å²) < 4.78 is 24.0. The third kappa shape index (κ3) is 1.77. The Morgan fingerprint density at radius 2 is 2.12 bits per heavy atom. The first-order valence-electron chi connectivity index (χ1n) is 8.53. The summed E-state index contributed by atoms with van der Waals surface area (Å²) in [7, 11) is 0. The lowest BCUT2D eigenvalue weighted by Gasteiger charge is -2.43. The second kappa shape index (κ2) is 4.34. The smallest absolute Gasteiger partial charge is 0.344 e. The van der Waals surface area contributed by atoms with Gasteiger partial charge in [0.2, 0.25) is 5.79 Å². The van der Waals surface area contributed by atoms with E-state index in [1.807, 2.05) is 32.9 Å². The van der Waals surface area contributed by atoms with Crippen LogP contribution in [0.4, 0.5) is 0 Å². The number of epoxide rings is 1. The summed E-state index contributed by atoms with van der Waals surface area (Å²) in [5, 5.41) is 0.808. The van der Waals surface area contributed by atoms with Gasteiger partial charge in [0.1, 0.15) is 16.9 Å². The Balaban J connectivity index is 1.84. The fourth-order valence-corrected chi connectivity index (χ4v) is 4.43. The van der Waals surface area contributed by atoms with Crippen molar-refractivity contribution in [1.82, 2.24) is 0 Å². The molecule has 1 aromatic carbocycles. The highest BCUT2D eigenvalue weighted by Crippen LogP contribution is 2.59. The minimum absolute atomic E-state index is 0.140. The first-order chi connectivity index (χ1) is 11.8. The molecule has 0 bridgehead atoms. The topological polar surface area (TPSA) is 61.2 Å². The molecular weight excluding hydrogens is 320 g/mol. The molecule has 4 heterocycles. The minimum Gasteiger partial charge on any atom is -0.458 e. The summed E-state index contributed by atoms with van der Waals surface area (Å²) in [5.74, 6) is -0.356. The molecule has 4 atom stereocenters. The van der Waals surface area contributed by atoms with Crippen LogP contribution in [0.2, 0.25) is 0 Å². The van der Waals surface area contributed by atoms with Gasteiger partial charge in [0.25, 0.3) is 0 Å². The normalized spacial score (nSPS) is 38.3. The summed E-state index contributed by atoms with van der Waals surface area (Å²) in [4.78, 5) is 12.8. The minimum atomic E-state index is -0.895. The second-order valence-corrected chi connectivity index (χ2v) is 7.85. The lowest BCUT2D eigenvalue weighted by atomic mass is 9.73. The molecule has 25 heavy (non-hydrogen) atoms. The van der Waals surface area contributed by atoms with Crippen LogP contribution in [0, 0.1) is 6.92 Å². The maximum Gasteiger partial charge on any atom is 0.344 e. The van der Waals surface area contributed by atoms with Gasteiger partial charge in [0.05, 0.1) is 17.6 Å². The van der Waals surface area contributed by atoms with Crippen molar-refractivity contribution in [2.24, 2.45) is 0 Å². The lowest BCUT2D eigenvalue weighted by Crippen LogP contribution is -2.52. The largest absolute Gasteiger partial charge is 0.458 e. The molecule has 3 aliphatic heterocycles. The Labute approximate surface area is 145 Å². The van der Waals surface area contributed by atoms with Gasteiger partial charge in [-0.15, -0.1) is 6.58 Å². The lowest BCUT2D eigenvalue weighted by molar-refractivity contribution is -0.207. The third-order valence-corrected chi connectivity index (χ3v) is 5.89. The molecule has 5 nitrogen and oxygen atoms in total. The molecule has 130 valence electrons. The Morgan fingerprint density at radius 3 is 2.76 bits per heavy atom. The SMILES string of the molecule is C=C[C@@]1(C)C[C@@]2(OC[C@@]3(C)O[C@@H]23)Oc2c1c(=O)oc1cccc(C)c21. The standard InChI is InChI=1S/C20H20O5/c1-5-18(3)9-20(17-19(4,25-17)10-22-20)24-15-13-11(2)7-6-8-12(13)23-16(21)14(15)18/h5-8,17H,1,9-10H2,2-4H3/t17-,18+,19-,20-/m1/s1. The highest BCUT2D eigenvalue weighted by molar-refractivity contribution is 5.88. The van der Waals surface area contributed by atoms with Gasteiger partial charge in [-0.2, -0.15) is 0 Å². The molecule has 0 saturated carbocycles. The van der Waals surface area contributed by atoms with Crippen LogP contribution in [0.25, 0.3) is 11.0 Å². The molecule has 0 unspecified atom stereocenters. The van der Waals surface area contributed by atoms with Crippen molar-refractivity contribution in [3.8, 4) is 5.75 Å². The van der Waals surface area contributed by atoms with Gasteiger partial charge in [-0.1, -0.05) is 25.1 Å². The summed E-state index contributed by atoms with van der Waals surface area (Å²) in [6.07, 6.45) is 2.12. The number of hydrogen-bond acceptors (Lipinski definition) is 5. The van der Waals surface area contributed by atoms with Gasteiger partial charge >= 0.3 is 5.63 Å². The zero-order valence-corrected chi connectivity index (χ0v) is 14.5. The molecule has 1 spiro atoms. The van der Waals surface area contributed by atoms with Gasteiger partial charge in [-0.25, -0.2) is 4.79 Å². The van der Waals surface area contributed by atoms with Crippen LogP contribution in [-0.2, 0) is 14.9 Å². The highest BCUT2D eigenvalue weighted by Gasteiger charge is 2.74. The number of aryl methyl sites for hydroxylation is 1. The summed E-state index contributed by atoms with van der Waals surface area (Å²) >= 11 is 0. The van der Waals surface area contributed by atoms with Gasteiger partial charge in [-0.05, 0) is 25.5 Å². The van der Waals surface area contributed by atoms with E-state index in [4.69, 9.17) is 18.6 Å². The number of ether oxygens (including phenoxy) is 3. The molecule has 2 aromatic rings. The quantitative estimate of drug-likeness (QED) is 0.453. The molecule has 0 N–H and O–H groups in total. The number of hydrogen-bond donors (Lipinski definition) is 0. The summed E-state index contributed by atoms with van der Waals surface area (Å²) in [6.45, 7) is 10.4. The van der Waals surface area contributed by atoms with Crippen LogP contribution in [0.3, 0.4) is 0 Å². The molecule has 0 aliphatic carbocycles. The van der Waals surface area contributed by atoms with Crippen LogP contribution in [0.1, 0.15) is 31.4 Å². The van der Waals surface area contributed by atoms with Crippen molar-refractivity contribution in [3.05, 3.63) is 52.4 Å². The van der Waals surface area contributed by atoms with Crippen LogP contribution in [-0.4, -0.2) is 24.1 Å². The van der Waals surface area contributed by atoms with Crippen molar-refractivity contribution < 1.29 is 18.6 Å². The van der Waals surface area contributed by atoms with E-state index in [0.717, 1.165) is 10.9 Å². The molecule has 0 amide bonds. The number of fused-ring (bicyclic) bond motifs is 5. The van der Waals surface area contributed by atoms with E-state index in [9.17, 15) is 4.79 Å². The van der Waals surface area contributed by atoms with E-state index < -0.39 is 11.2 Å². The molecular formula is C20H20O5. The molecule has 2 saturated heterocycles. The average Bonchev–Trinajstić information content (AvgIpc) is 3.19. The van der Waals surface area contributed by atoms with Gasteiger partial charge in [-0.3, -0.25) is 0 Å². The van der Waals surface area contributed by atoms with E-state index in [1.165, 1.54) is 0 Å². The van der Waals surface area contributed by atoms with Gasteiger partial charge < -0.3 is 18.6 Å². The third-order valence-electron chi connectivity index (χ3n) is 5.89. The summed E-state index contributed by atoms with van der Waals surface area (Å²) in [5.41, 5.74) is 0.699. The van der Waals surface area contributed by atoms with E-state index >= 15 is 0 Å². The zero-order chi connectivity index (χ0) is 17.6. The first-order valence-corrected chi connectivity index (χ1v) is 8.53. The summed E-state index contributed by atoms with van der Waals surface area (Å²) in [6, 6.07) is 5.63. The number of benzene rings is 1. The van der Waals surface area contributed by atoms with E-state index in [0.29, 0.717) is 29.9 Å². The van der Waals surface area contributed by atoms with Crippen LogP contribution >= 0.6 is 0 Å². The predicted molar refractivity (Wildman–Crippen MR) is 92.0 cm³/mol. The van der Waals surface area contributed by atoms with Crippen molar-refractivity contribution in [2.75, 3.05) is 6.61 Å². The average molecular weight is 340 g/mol. The van der Waals surface area contributed by atoms with E-state index in [-0.39, 0.29) is 17.3 Å². The Kier molecular flexibility index (Phi) is 2.64. The number of allylic oxidation sites excluding steroid dienone is 1. The fraction of sp³-hybridized carbons (Fsp3) is 0.450. The molecule has 2 fully saturated rings. The van der Waals surface area contributed by atoms with Gasteiger partial charge in [0.15, 0.2) is 6.10 Å².